The number of piperidine rings is 1. The Labute approximate surface area is 203 Å². The molecule has 6 atom stereocenters. The predicted octanol–water partition coefficient (Wildman–Crippen LogP) is 4.82. The van der Waals surface area contributed by atoms with Crippen molar-refractivity contribution in [3.63, 3.8) is 0 Å². The lowest BCUT2D eigenvalue weighted by Crippen LogP contribution is -2.64. The van der Waals surface area contributed by atoms with E-state index in [1.807, 2.05) is 0 Å². The molecule has 34 heavy (non-hydrogen) atoms. The summed E-state index contributed by atoms with van der Waals surface area (Å²) in [7, 11) is 1.57. The highest BCUT2D eigenvalue weighted by Gasteiger charge is 2.59. The van der Waals surface area contributed by atoms with Gasteiger partial charge in [0.15, 0.2) is 11.5 Å². The minimum atomic E-state index is -0.375. The van der Waals surface area contributed by atoms with Gasteiger partial charge >= 0.3 is 5.97 Å². The fourth-order valence-corrected chi connectivity index (χ4v) is 6.99. The summed E-state index contributed by atoms with van der Waals surface area (Å²) in [4.78, 5) is 14.9. The van der Waals surface area contributed by atoms with Crippen molar-refractivity contribution in [2.45, 2.75) is 83.9 Å². The number of nitrogens with zero attached hydrogens (tertiary/aromatic N) is 1. The number of hydrogen-bond donors (Lipinski definition) is 1. The molecular formula is C28H39NO5. The number of cyclic esters (lactones) is 1. The van der Waals surface area contributed by atoms with E-state index in [0.717, 1.165) is 50.8 Å². The summed E-state index contributed by atoms with van der Waals surface area (Å²) < 4.78 is 17.7. The number of esters is 1. The lowest BCUT2D eigenvalue weighted by atomic mass is 9.68. The van der Waals surface area contributed by atoms with Crippen molar-refractivity contribution in [3.05, 3.63) is 46.8 Å². The highest BCUT2D eigenvalue weighted by molar-refractivity contribution is 5.93. The Bertz CT molecular complexity index is 975. The van der Waals surface area contributed by atoms with E-state index >= 15 is 0 Å². The number of carbonyl (C=O) groups excluding carboxylic acids is 1. The molecule has 2 saturated heterocycles. The zero-order valence-corrected chi connectivity index (χ0v) is 21.2. The van der Waals surface area contributed by atoms with Gasteiger partial charge in [-0.3, -0.25) is 4.90 Å². The summed E-state index contributed by atoms with van der Waals surface area (Å²) in [5.41, 5.74) is 0.280. The standard InChI is InChI=1S/C28H39NO5/c1-16(2)8-6-10-21(30)20-9-7-12-28-13-11-19(15-29(20)28)14-22-23(28)17(3)25(33-22)26-24(32-5)18(4)27(31)34-26/h11,13-14,16-17,19-21,23,30H,6-10,12,15H2,1-5H3/b26-25+/t17-,19-,20-,21-,23-,28+/m0/s1. The lowest BCUT2D eigenvalue weighted by molar-refractivity contribution is -0.133. The molecule has 0 aromatic carbocycles. The van der Waals surface area contributed by atoms with E-state index in [0.29, 0.717) is 28.8 Å². The Hall–Kier alpha value is -2.05. The maximum Gasteiger partial charge on any atom is 0.343 e. The third kappa shape index (κ3) is 3.65. The SMILES string of the molecule is COC1=C(C)C(=O)O/C1=C1/OC2=C[C@@H]3C=C[C@]4(CCC[C@@H]([C@@H](O)CCCC(C)C)N4C3)[C@H]2[C@@H]1C. The number of carbonyl (C=O) groups is 1. The number of hydrogen-bond acceptors (Lipinski definition) is 6. The van der Waals surface area contributed by atoms with Crippen LogP contribution in [0.15, 0.2) is 46.8 Å². The van der Waals surface area contributed by atoms with Crippen LogP contribution < -0.4 is 0 Å². The molecule has 6 aliphatic rings. The molecule has 1 N–H and O–H groups in total. The maximum absolute atomic E-state index is 12.3. The fourth-order valence-electron chi connectivity index (χ4n) is 6.99. The van der Waals surface area contributed by atoms with Crippen LogP contribution in [0, 0.1) is 23.7 Å². The molecule has 0 aromatic heterocycles. The zero-order valence-electron chi connectivity index (χ0n) is 21.2. The first-order valence-electron chi connectivity index (χ1n) is 13.0. The van der Waals surface area contributed by atoms with E-state index in [1.54, 1.807) is 14.0 Å². The summed E-state index contributed by atoms with van der Waals surface area (Å²) in [6.45, 7) is 9.30. The van der Waals surface area contributed by atoms with Crippen molar-refractivity contribution in [1.82, 2.24) is 4.90 Å². The molecule has 0 radical (unpaired) electrons. The molecule has 2 bridgehead atoms. The van der Waals surface area contributed by atoms with E-state index < -0.39 is 0 Å². The van der Waals surface area contributed by atoms with Gasteiger partial charge in [-0.2, -0.15) is 0 Å². The molecule has 2 fully saturated rings. The van der Waals surface area contributed by atoms with E-state index in [1.165, 1.54) is 0 Å². The molecular weight excluding hydrogens is 430 g/mol. The normalized spacial score (nSPS) is 37.9. The average Bonchev–Trinajstić information content (AvgIpc) is 3.16. The second-order valence-electron chi connectivity index (χ2n) is 11.2. The van der Waals surface area contributed by atoms with Gasteiger partial charge in [0, 0.05) is 30.3 Å². The molecule has 1 aliphatic carbocycles. The van der Waals surface area contributed by atoms with Crippen LogP contribution in [0.3, 0.4) is 0 Å². The van der Waals surface area contributed by atoms with Crippen LogP contribution in [0.2, 0.25) is 0 Å². The minimum absolute atomic E-state index is 0.0194. The van der Waals surface area contributed by atoms with Crippen molar-refractivity contribution in [2.24, 2.45) is 23.7 Å². The molecule has 1 spiro atoms. The predicted molar refractivity (Wildman–Crippen MR) is 129 cm³/mol. The van der Waals surface area contributed by atoms with Crippen molar-refractivity contribution in [3.8, 4) is 0 Å². The van der Waals surface area contributed by atoms with Crippen molar-refractivity contribution >= 4 is 5.97 Å². The Balaban J connectivity index is 1.48. The quantitative estimate of drug-likeness (QED) is 0.444. The van der Waals surface area contributed by atoms with Crippen molar-refractivity contribution in [2.75, 3.05) is 13.7 Å². The number of methoxy groups -OCH3 is 1. The van der Waals surface area contributed by atoms with Crippen molar-refractivity contribution < 1.29 is 24.1 Å². The molecule has 0 amide bonds. The highest BCUT2D eigenvalue weighted by Crippen LogP contribution is 2.57. The van der Waals surface area contributed by atoms with Gasteiger partial charge in [-0.25, -0.2) is 4.79 Å². The van der Waals surface area contributed by atoms with E-state index in [9.17, 15) is 9.90 Å². The molecule has 0 aromatic rings. The first-order chi connectivity index (χ1) is 16.3. The Kier molecular flexibility index (Phi) is 6.18. The van der Waals surface area contributed by atoms with Crippen LogP contribution >= 0.6 is 0 Å². The van der Waals surface area contributed by atoms with Crippen LogP contribution in [0.25, 0.3) is 0 Å². The minimum Gasteiger partial charge on any atom is -0.492 e. The van der Waals surface area contributed by atoms with Crippen LogP contribution in [0.4, 0.5) is 0 Å². The van der Waals surface area contributed by atoms with E-state index in [-0.39, 0.29) is 41.4 Å². The maximum atomic E-state index is 12.3. The van der Waals surface area contributed by atoms with Gasteiger partial charge in [0.1, 0.15) is 5.76 Å². The van der Waals surface area contributed by atoms with E-state index in [2.05, 4.69) is 43.9 Å². The number of rotatable bonds is 6. The van der Waals surface area contributed by atoms with Gasteiger partial charge in [0.05, 0.1) is 24.3 Å². The molecule has 6 heteroatoms. The molecule has 0 saturated carbocycles. The van der Waals surface area contributed by atoms with Gasteiger partial charge < -0.3 is 19.3 Å². The van der Waals surface area contributed by atoms with Gasteiger partial charge in [0.25, 0.3) is 0 Å². The second kappa shape index (κ2) is 8.87. The third-order valence-electron chi connectivity index (χ3n) is 8.62. The van der Waals surface area contributed by atoms with Gasteiger partial charge in [-0.15, -0.1) is 0 Å². The van der Waals surface area contributed by atoms with Crippen LogP contribution in [0.5, 0.6) is 0 Å². The monoisotopic (exact) mass is 469 g/mol. The first-order valence-corrected chi connectivity index (χ1v) is 13.0. The summed E-state index contributed by atoms with van der Waals surface area (Å²) >= 11 is 0. The summed E-state index contributed by atoms with van der Waals surface area (Å²) in [6.07, 6.45) is 12.9. The Morgan fingerprint density at radius 1 is 1.29 bits per heavy atom. The molecule has 5 aliphatic heterocycles. The van der Waals surface area contributed by atoms with Gasteiger partial charge in [-0.05, 0) is 44.6 Å². The second-order valence-corrected chi connectivity index (χ2v) is 11.2. The third-order valence-corrected chi connectivity index (χ3v) is 8.62. The van der Waals surface area contributed by atoms with Crippen LogP contribution in [0.1, 0.15) is 66.2 Å². The number of aliphatic hydroxyl groups excluding tert-OH is 1. The summed E-state index contributed by atoms with van der Waals surface area (Å²) in [5.74, 6) is 3.23. The van der Waals surface area contributed by atoms with E-state index in [4.69, 9.17) is 14.2 Å². The van der Waals surface area contributed by atoms with Crippen LogP contribution in [-0.2, 0) is 19.0 Å². The lowest BCUT2D eigenvalue weighted by Gasteiger charge is -2.55. The first kappa shape index (κ1) is 23.7. The fraction of sp³-hybridized carbons (Fsp3) is 0.679. The zero-order chi connectivity index (χ0) is 24.2. The van der Waals surface area contributed by atoms with Gasteiger partial charge in [-0.1, -0.05) is 45.8 Å². The van der Waals surface area contributed by atoms with Crippen LogP contribution in [-0.4, -0.2) is 47.3 Å². The van der Waals surface area contributed by atoms with Crippen molar-refractivity contribution in [1.29, 1.82) is 0 Å². The number of aliphatic hydroxyl groups is 1. The summed E-state index contributed by atoms with van der Waals surface area (Å²) in [6, 6.07) is 0.158. The molecule has 6 nitrogen and oxygen atoms in total. The average molecular weight is 470 g/mol. The molecule has 186 valence electrons. The molecule has 0 unspecified atom stereocenters. The smallest absolute Gasteiger partial charge is 0.343 e. The summed E-state index contributed by atoms with van der Waals surface area (Å²) in [5, 5.41) is 11.3. The molecule has 6 rings (SSSR count). The number of ether oxygens (including phenoxy) is 3. The Morgan fingerprint density at radius 2 is 2.09 bits per heavy atom. The Morgan fingerprint density at radius 3 is 2.82 bits per heavy atom. The number of allylic oxidation sites excluding steroid dienone is 1. The topological polar surface area (TPSA) is 68.2 Å². The highest BCUT2D eigenvalue weighted by atomic mass is 16.6. The largest absolute Gasteiger partial charge is 0.492 e. The van der Waals surface area contributed by atoms with Gasteiger partial charge in [0.2, 0.25) is 5.76 Å². The molecule has 5 heterocycles.